The van der Waals surface area contributed by atoms with Crippen LogP contribution in [0.1, 0.15) is 6.42 Å². The number of hydrogen-bond donors (Lipinski definition) is 1. The maximum Gasteiger partial charge on any atom is 0.227 e. The highest BCUT2D eigenvalue weighted by molar-refractivity contribution is 6.29. The lowest BCUT2D eigenvalue weighted by Gasteiger charge is -2.05. The smallest absolute Gasteiger partial charge is 0.227 e. The molecule has 0 amide bonds. The van der Waals surface area contributed by atoms with Crippen LogP contribution in [0.15, 0.2) is 18.2 Å². The number of carbonyl (C=O) groups excluding carboxylic acids is 1. The molecule has 2 aromatic heterocycles. The molecular formula is C11H9Cl2N5O. The van der Waals surface area contributed by atoms with E-state index in [1.54, 1.807) is 18.2 Å². The quantitative estimate of drug-likeness (QED) is 0.518. The minimum absolute atomic E-state index is 0.0420. The molecule has 0 aliphatic rings. The molecule has 6 nitrogen and oxygen atoms in total. The Balaban J connectivity index is 2.28. The largest absolute Gasteiger partial charge is 0.354 e. The van der Waals surface area contributed by atoms with E-state index in [1.807, 2.05) is 0 Å². The number of hydrogen-bond acceptors (Lipinski definition) is 6. The maximum atomic E-state index is 10.2. The summed E-state index contributed by atoms with van der Waals surface area (Å²) < 4.78 is 0. The average molecular weight is 298 g/mol. The molecular weight excluding hydrogens is 289 g/mol. The van der Waals surface area contributed by atoms with Gasteiger partial charge in [0.2, 0.25) is 11.2 Å². The third-order valence-electron chi connectivity index (χ3n) is 2.10. The van der Waals surface area contributed by atoms with Crippen molar-refractivity contribution >= 4 is 35.4 Å². The molecule has 0 spiro atoms. The second kappa shape index (κ2) is 6.40. The summed E-state index contributed by atoms with van der Waals surface area (Å²) in [5.74, 6) is 0.606. The van der Waals surface area contributed by atoms with Gasteiger partial charge in [0.05, 0.1) is 0 Å². The number of aromatic nitrogens is 4. The van der Waals surface area contributed by atoms with Crippen molar-refractivity contribution in [2.24, 2.45) is 0 Å². The SMILES string of the molecule is O=CCCNc1nc(Cl)nc(-c2cccc(Cl)n2)n1. The molecule has 0 radical (unpaired) electrons. The zero-order chi connectivity index (χ0) is 13.7. The van der Waals surface area contributed by atoms with E-state index < -0.39 is 0 Å². The van der Waals surface area contributed by atoms with Gasteiger partial charge < -0.3 is 10.1 Å². The Bertz CT molecular complexity index is 593. The Morgan fingerprint density at radius 1 is 1.16 bits per heavy atom. The zero-order valence-electron chi connectivity index (χ0n) is 9.68. The van der Waals surface area contributed by atoms with Gasteiger partial charge in [0.25, 0.3) is 0 Å². The predicted molar refractivity (Wildman–Crippen MR) is 72.2 cm³/mol. The lowest BCUT2D eigenvalue weighted by atomic mass is 10.3. The van der Waals surface area contributed by atoms with Crippen molar-refractivity contribution in [3.05, 3.63) is 28.6 Å². The molecule has 0 bridgehead atoms. The number of nitrogens with one attached hydrogen (secondary N) is 1. The first-order valence-corrected chi connectivity index (χ1v) is 6.16. The number of nitrogens with zero attached hydrogens (tertiary/aromatic N) is 4. The summed E-state index contributed by atoms with van der Waals surface area (Å²) in [6, 6.07) is 5.10. The molecule has 0 aromatic carbocycles. The number of rotatable bonds is 5. The number of pyridine rings is 1. The van der Waals surface area contributed by atoms with Gasteiger partial charge in [-0.25, -0.2) is 4.98 Å². The Morgan fingerprint density at radius 3 is 2.74 bits per heavy atom. The van der Waals surface area contributed by atoms with E-state index in [0.717, 1.165) is 6.29 Å². The molecule has 0 unspecified atom stereocenters. The van der Waals surface area contributed by atoms with Crippen molar-refractivity contribution in [2.45, 2.75) is 6.42 Å². The van der Waals surface area contributed by atoms with Crippen LogP contribution in [-0.2, 0) is 4.79 Å². The number of anilines is 1. The van der Waals surface area contributed by atoms with E-state index in [0.29, 0.717) is 35.6 Å². The van der Waals surface area contributed by atoms with Crippen molar-refractivity contribution < 1.29 is 4.79 Å². The highest BCUT2D eigenvalue weighted by Gasteiger charge is 2.08. The molecule has 98 valence electrons. The van der Waals surface area contributed by atoms with Gasteiger partial charge in [0, 0.05) is 13.0 Å². The van der Waals surface area contributed by atoms with Crippen LogP contribution in [0.3, 0.4) is 0 Å². The van der Waals surface area contributed by atoms with Crippen molar-refractivity contribution in [3.63, 3.8) is 0 Å². The van der Waals surface area contributed by atoms with Gasteiger partial charge >= 0.3 is 0 Å². The van der Waals surface area contributed by atoms with E-state index >= 15 is 0 Å². The van der Waals surface area contributed by atoms with Crippen LogP contribution >= 0.6 is 23.2 Å². The van der Waals surface area contributed by atoms with Gasteiger partial charge in [0.15, 0.2) is 5.82 Å². The number of aldehydes is 1. The Kier molecular flexibility index (Phi) is 4.59. The van der Waals surface area contributed by atoms with Crippen LogP contribution < -0.4 is 5.32 Å². The average Bonchev–Trinajstić information content (AvgIpc) is 2.38. The maximum absolute atomic E-state index is 10.2. The molecule has 8 heteroatoms. The first-order valence-electron chi connectivity index (χ1n) is 5.41. The summed E-state index contributed by atoms with van der Waals surface area (Å²) in [4.78, 5) is 26.4. The number of halogens is 2. The molecule has 2 aromatic rings. The minimum Gasteiger partial charge on any atom is -0.354 e. The highest BCUT2D eigenvalue weighted by Crippen LogP contribution is 2.17. The van der Waals surface area contributed by atoms with Crippen molar-refractivity contribution in [3.8, 4) is 11.5 Å². The van der Waals surface area contributed by atoms with Crippen molar-refractivity contribution in [1.82, 2.24) is 19.9 Å². The summed E-state index contributed by atoms with van der Waals surface area (Å²) in [5.41, 5.74) is 0.496. The highest BCUT2D eigenvalue weighted by atomic mass is 35.5. The van der Waals surface area contributed by atoms with Crippen LogP contribution in [0.4, 0.5) is 5.95 Å². The minimum atomic E-state index is 0.0420. The van der Waals surface area contributed by atoms with E-state index in [1.165, 1.54) is 0 Å². The summed E-state index contributed by atoms with van der Waals surface area (Å²) >= 11 is 11.6. The third-order valence-corrected chi connectivity index (χ3v) is 2.48. The topological polar surface area (TPSA) is 80.7 Å². The van der Waals surface area contributed by atoms with Crippen LogP contribution in [-0.4, -0.2) is 32.8 Å². The van der Waals surface area contributed by atoms with Crippen LogP contribution in [0.5, 0.6) is 0 Å². The van der Waals surface area contributed by atoms with Gasteiger partial charge in [-0.1, -0.05) is 17.7 Å². The van der Waals surface area contributed by atoms with Crippen LogP contribution in [0.25, 0.3) is 11.5 Å². The van der Waals surface area contributed by atoms with Crippen molar-refractivity contribution in [1.29, 1.82) is 0 Å². The van der Waals surface area contributed by atoms with Crippen molar-refractivity contribution in [2.75, 3.05) is 11.9 Å². The number of carbonyl (C=O) groups is 1. The summed E-state index contributed by atoms with van der Waals surface area (Å²) in [5, 5.41) is 3.25. The lowest BCUT2D eigenvalue weighted by molar-refractivity contribution is -0.107. The van der Waals surface area contributed by atoms with E-state index in [2.05, 4.69) is 25.3 Å². The van der Waals surface area contributed by atoms with Gasteiger partial charge in [0.1, 0.15) is 17.1 Å². The molecule has 0 aliphatic carbocycles. The molecule has 0 aliphatic heterocycles. The second-order valence-corrected chi connectivity index (χ2v) is 4.20. The van der Waals surface area contributed by atoms with Gasteiger partial charge in [-0.3, -0.25) is 0 Å². The predicted octanol–water partition coefficient (Wildman–Crippen LogP) is 2.24. The lowest BCUT2D eigenvalue weighted by Crippen LogP contribution is -2.08. The van der Waals surface area contributed by atoms with Gasteiger partial charge in [-0.05, 0) is 23.7 Å². The van der Waals surface area contributed by atoms with E-state index in [4.69, 9.17) is 23.2 Å². The standard InChI is InChI=1S/C11H9Cl2N5O/c12-8-4-1-3-7(15-8)9-16-10(13)18-11(17-9)14-5-2-6-19/h1,3-4,6H,2,5H2,(H,14,16,17,18). The first kappa shape index (κ1) is 13.6. The molecule has 0 saturated heterocycles. The van der Waals surface area contributed by atoms with E-state index in [-0.39, 0.29) is 5.28 Å². The molecule has 19 heavy (non-hydrogen) atoms. The molecule has 0 saturated carbocycles. The van der Waals surface area contributed by atoms with Gasteiger partial charge in [-0.2, -0.15) is 15.0 Å². The molecule has 0 atom stereocenters. The molecule has 1 N–H and O–H groups in total. The first-order chi connectivity index (χ1) is 9.19. The van der Waals surface area contributed by atoms with Crippen LogP contribution in [0, 0.1) is 0 Å². The zero-order valence-corrected chi connectivity index (χ0v) is 11.2. The fourth-order valence-corrected chi connectivity index (χ4v) is 1.64. The fourth-order valence-electron chi connectivity index (χ4n) is 1.32. The monoisotopic (exact) mass is 297 g/mol. The van der Waals surface area contributed by atoms with Gasteiger partial charge in [-0.15, -0.1) is 0 Å². The van der Waals surface area contributed by atoms with Crippen LogP contribution in [0.2, 0.25) is 10.4 Å². The Morgan fingerprint density at radius 2 is 2.00 bits per heavy atom. The third kappa shape index (κ3) is 3.84. The summed E-state index contributed by atoms with van der Waals surface area (Å²) in [6.07, 6.45) is 1.16. The fraction of sp³-hybridized carbons (Fsp3) is 0.182. The molecule has 2 heterocycles. The Hall–Kier alpha value is -1.79. The summed E-state index contributed by atoms with van der Waals surface area (Å²) in [7, 11) is 0. The summed E-state index contributed by atoms with van der Waals surface area (Å²) in [6.45, 7) is 0.423. The molecule has 2 rings (SSSR count). The molecule has 0 fully saturated rings. The Labute approximate surface area is 119 Å². The van der Waals surface area contributed by atoms with E-state index in [9.17, 15) is 4.79 Å². The normalized spacial score (nSPS) is 10.2. The second-order valence-electron chi connectivity index (χ2n) is 3.48.